The summed E-state index contributed by atoms with van der Waals surface area (Å²) in [6.45, 7) is 2.86. The molecule has 0 heterocycles. The Labute approximate surface area is 100 Å². The van der Waals surface area contributed by atoms with E-state index in [9.17, 15) is 14.9 Å². The molecule has 1 fully saturated rings. The minimum absolute atomic E-state index is 0.00838. The zero-order valence-corrected chi connectivity index (χ0v) is 10.3. The first kappa shape index (κ1) is 13.9. The Bertz CT molecular complexity index is 286. The van der Waals surface area contributed by atoms with Crippen LogP contribution in [-0.2, 0) is 14.3 Å². The second-order valence-electron chi connectivity index (χ2n) is 4.53. The summed E-state index contributed by atoms with van der Waals surface area (Å²) < 4.78 is 10.1. The summed E-state index contributed by atoms with van der Waals surface area (Å²) in [6, 6.07) is 0. The molecule has 17 heavy (non-hydrogen) atoms. The average Bonchev–Trinajstić information content (AvgIpc) is 2.26. The van der Waals surface area contributed by atoms with E-state index in [1.165, 1.54) is 6.92 Å². The van der Waals surface area contributed by atoms with Gasteiger partial charge in [0.05, 0.1) is 0 Å². The van der Waals surface area contributed by atoms with E-state index in [4.69, 9.17) is 9.47 Å². The third-order valence-electron chi connectivity index (χ3n) is 3.09. The van der Waals surface area contributed by atoms with Crippen molar-refractivity contribution in [2.45, 2.75) is 57.8 Å². The molecule has 1 rings (SSSR count). The second kappa shape index (κ2) is 5.95. The number of esters is 1. The van der Waals surface area contributed by atoms with Crippen LogP contribution in [0.2, 0.25) is 0 Å². The Kier molecular flexibility index (Phi) is 4.86. The predicted octanol–water partition coefficient (Wildman–Crippen LogP) is 1.89. The van der Waals surface area contributed by atoms with Crippen molar-refractivity contribution >= 4 is 5.97 Å². The monoisotopic (exact) mass is 245 g/mol. The fraction of sp³-hybridized carbons (Fsp3) is 0.909. The van der Waals surface area contributed by atoms with E-state index in [0.717, 1.165) is 19.3 Å². The fourth-order valence-electron chi connectivity index (χ4n) is 2.13. The fourth-order valence-corrected chi connectivity index (χ4v) is 2.13. The van der Waals surface area contributed by atoms with E-state index in [0.29, 0.717) is 12.8 Å². The van der Waals surface area contributed by atoms with E-state index >= 15 is 0 Å². The molecule has 1 aliphatic rings. The average molecular weight is 245 g/mol. The highest BCUT2D eigenvalue weighted by molar-refractivity contribution is 5.65. The van der Waals surface area contributed by atoms with Crippen molar-refractivity contribution in [1.82, 2.24) is 0 Å². The molecule has 0 aromatic rings. The van der Waals surface area contributed by atoms with Crippen molar-refractivity contribution in [2.24, 2.45) is 0 Å². The van der Waals surface area contributed by atoms with Crippen LogP contribution in [0.4, 0.5) is 0 Å². The van der Waals surface area contributed by atoms with Gasteiger partial charge in [-0.05, 0) is 19.8 Å². The third kappa shape index (κ3) is 3.96. The quantitative estimate of drug-likeness (QED) is 0.320. The molecule has 0 aromatic heterocycles. The van der Waals surface area contributed by atoms with E-state index in [-0.39, 0.29) is 11.5 Å². The van der Waals surface area contributed by atoms with Crippen LogP contribution in [0, 0.1) is 10.1 Å². The first-order chi connectivity index (χ1) is 7.96. The van der Waals surface area contributed by atoms with Crippen LogP contribution < -0.4 is 0 Å². The van der Waals surface area contributed by atoms with Gasteiger partial charge >= 0.3 is 5.97 Å². The maximum absolute atomic E-state index is 11.1. The Hall–Kier alpha value is -1.17. The van der Waals surface area contributed by atoms with Crippen molar-refractivity contribution in [3.8, 4) is 0 Å². The SMILES string of the molecule is CC(=O)OC(C)OCC1([N+](=O)[O-])CCCCC1. The van der Waals surface area contributed by atoms with E-state index in [2.05, 4.69) is 0 Å². The summed E-state index contributed by atoms with van der Waals surface area (Å²) in [7, 11) is 0. The maximum Gasteiger partial charge on any atom is 0.304 e. The van der Waals surface area contributed by atoms with Crippen LogP contribution in [0.1, 0.15) is 46.0 Å². The van der Waals surface area contributed by atoms with Gasteiger partial charge in [-0.3, -0.25) is 14.9 Å². The molecule has 98 valence electrons. The highest BCUT2D eigenvalue weighted by Crippen LogP contribution is 2.31. The lowest BCUT2D eigenvalue weighted by molar-refractivity contribution is -0.580. The molecule has 1 unspecified atom stereocenters. The molecule has 6 nitrogen and oxygen atoms in total. The molecule has 1 aliphatic carbocycles. The van der Waals surface area contributed by atoms with Crippen LogP contribution >= 0.6 is 0 Å². The van der Waals surface area contributed by atoms with Crippen LogP contribution in [0.15, 0.2) is 0 Å². The molecule has 1 atom stereocenters. The van der Waals surface area contributed by atoms with Crippen molar-refractivity contribution in [3.05, 3.63) is 10.1 Å². The molecular formula is C11H19NO5. The lowest BCUT2D eigenvalue weighted by Crippen LogP contribution is -2.45. The van der Waals surface area contributed by atoms with Gasteiger partial charge in [0.1, 0.15) is 6.61 Å². The largest absolute Gasteiger partial charge is 0.436 e. The van der Waals surface area contributed by atoms with Gasteiger partial charge in [-0.25, -0.2) is 0 Å². The number of nitro groups is 1. The van der Waals surface area contributed by atoms with Gasteiger partial charge in [0, 0.05) is 24.7 Å². The summed E-state index contributed by atoms with van der Waals surface area (Å²) in [5.41, 5.74) is -0.993. The number of hydrogen-bond donors (Lipinski definition) is 0. The Morgan fingerprint density at radius 3 is 2.47 bits per heavy atom. The summed E-state index contributed by atoms with van der Waals surface area (Å²) >= 11 is 0. The molecular weight excluding hydrogens is 226 g/mol. The zero-order chi connectivity index (χ0) is 12.9. The third-order valence-corrected chi connectivity index (χ3v) is 3.09. The van der Waals surface area contributed by atoms with Crippen LogP contribution in [0.5, 0.6) is 0 Å². The highest BCUT2D eigenvalue weighted by Gasteiger charge is 2.44. The number of hydrogen-bond acceptors (Lipinski definition) is 5. The Morgan fingerprint density at radius 1 is 1.41 bits per heavy atom. The van der Waals surface area contributed by atoms with Crippen molar-refractivity contribution in [3.63, 3.8) is 0 Å². The van der Waals surface area contributed by atoms with Crippen LogP contribution in [0.3, 0.4) is 0 Å². The molecule has 0 spiro atoms. The Morgan fingerprint density at radius 2 is 2.00 bits per heavy atom. The lowest BCUT2D eigenvalue weighted by Gasteiger charge is -2.29. The molecule has 0 radical (unpaired) electrons. The van der Waals surface area contributed by atoms with E-state index < -0.39 is 17.8 Å². The molecule has 0 bridgehead atoms. The van der Waals surface area contributed by atoms with Crippen molar-refractivity contribution < 1.29 is 19.2 Å². The van der Waals surface area contributed by atoms with Crippen LogP contribution in [0.25, 0.3) is 0 Å². The van der Waals surface area contributed by atoms with Gasteiger partial charge < -0.3 is 9.47 Å². The number of nitrogens with zero attached hydrogens (tertiary/aromatic N) is 1. The molecule has 0 amide bonds. The Balaban J connectivity index is 2.50. The number of carbonyl (C=O) groups excluding carboxylic acids is 1. The molecule has 0 aliphatic heterocycles. The number of ether oxygens (including phenoxy) is 2. The summed E-state index contributed by atoms with van der Waals surface area (Å²) in [4.78, 5) is 21.6. The molecule has 6 heteroatoms. The lowest BCUT2D eigenvalue weighted by atomic mass is 9.83. The maximum atomic E-state index is 11.1. The number of carbonyl (C=O) groups is 1. The highest BCUT2D eigenvalue weighted by atomic mass is 16.7. The van der Waals surface area contributed by atoms with Gasteiger partial charge in [0.25, 0.3) is 0 Å². The van der Waals surface area contributed by atoms with E-state index in [1.54, 1.807) is 6.92 Å². The zero-order valence-electron chi connectivity index (χ0n) is 10.3. The van der Waals surface area contributed by atoms with Crippen LogP contribution in [-0.4, -0.2) is 29.3 Å². The van der Waals surface area contributed by atoms with Gasteiger partial charge in [-0.2, -0.15) is 0 Å². The molecule has 0 saturated heterocycles. The molecule has 1 saturated carbocycles. The van der Waals surface area contributed by atoms with Gasteiger partial charge in [0.2, 0.25) is 5.54 Å². The first-order valence-corrected chi connectivity index (χ1v) is 5.90. The normalized spacial score (nSPS) is 20.6. The van der Waals surface area contributed by atoms with Gasteiger partial charge in [0.15, 0.2) is 6.29 Å². The minimum atomic E-state index is -0.993. The summed E-state index contributed by atoms with van der Waals surface area (Å²) in [5, 5.41) is 11.1. The van der Waals surface area contributed by atoms with E-state index in [1.807, 2.05) is 0 Å². The summed E-state index contributed by atoms with van der Waals surface area (Å²) in [6.07, 6.45) is 3.08. The standard InChI is InChI=1S/C11H19NO5/c1-9(13)17-10(2)16-8-11(12(14)15)6-4-3-5-7-11/h10H,3-8H2,1-2H3. The second-order valence-corrected chi connectivity index (χ2v) is 4.53. The minimum Gasteiger partial charge on any atom is -0.436 e. The first-order valence-electron chi connectivity index (χ1n) is 5.90. The van der Waals surface area contributed by atoms with Gasteiger partial charge in [-0.1, -0.05) is 6.42 Å². The predicted molar refractivity (Wildman–Crippen MR) is 60.0 cm³/mol. The molecule has 0 N–H and O–H groups in total. The van der Waals surface area contributed by atoms with Crippen molar-refractivity contribution in [1.29, 1.82) is 0 Å². The van der Waals surface area contributed by atoms with Crippen molar-refractivity contribution in [2.75, 3.05) is 6.61 Å². The van der Waals surface area contributed by atoms with Gasteiger partial charge in [-0.15, -0.1) is 0 Å². The topological polar surface area (TPSA) is 78.7 Å². The smallest absolute Gasteiger partial charge is 0.304 e. The number of rotatable bonds is 5. The molecule has 0 aromatic carbocycles. The summed E-state index contributed by atoms with van der Waals surface area (Å²) in [5.74, 6) is -0.448.